The number of hydrogen-bond donors (Lipinski definition) is 2. The van der Waals surface area contributed by atoms with Gasteiger partial charge in [-0.25, -0.2) is 9.97 Å². The van der Waals surface area contributed by atoms with Crippen LogP contribution in [0, 0.1) is 28.6 Å². The van der Waals surface area contributed by atoms with Crippen molar-refractivity contribution in [3.8, 4) is 34.5 Å². The smallest absolute Gasteiger partial charge is 0.138 e. The first-order valence-electron chi connectivity index (χ1n) is 10.9. The number of pyridine rings is 2. The van der Waals surface area contributed by atoms with Gasteiger partial charge in [0.1, 0.15) is 17.5 Å². The average molecular weight is 435 g/mol. The number of aromatic amines is 1. The summed E-state index contributed by atoms with van der Waals surface area (Å²) in [5.74, 6) is 0.875. The van der Waals surface area contributed by atoms with Crippen LogP contribution in [0.4, 0.5) is 5.82 Å². The highest BCUT2D eigenvalue weighted by atomic mass is 15.3. The molecule has 0 amide bonds. The van der Waals surface area contributed by atoms with Crippen LogP contribution in [0.15, 0.2) is 43.0 Å². The first-order chi connectivity index (χ1) is 16.2. The SMILES string of the molecule is Cn1cc(-c2cc3c(-c4ccc(N5C[C@@H]6NCC[C@H](C#N)[C@@H]65)nc4)c(C#N)cnc3[nH]2)cn1. The Balaban J connectivity index is 1.38. The molecular formula is C24H21N9. The van der Waals surface area contributed by atoms with Crippen molar-refractivity contribution in [3.63, 3.8) is 0 Å². The van der Waals surface area contributed by atoms with Crippen LogP contribution in [0.2, 0.25) is 0 Å². The van der Waals surface area contributed by atoms with Crippen molar-refractivity contribution in [2.45, 2.75) is 18.5 Å². The number of aryl methyl sites for hydroxylation is 1. The number of hydrogen-bond acceptors (Lipinski definition) is 7. The normalized spacial score (nSPS) is 21.8. The Hall–Kier alpha value is -4.21. The van der Waals surface area contributed by atoms with E-state index in [1.807, 2.05) is 37.6 Å². The fraction of sp³-hybridized carbons (Fsp3) is 0.292. The van der Waals surface area contributed by atoms with Gasteiger partial charge in [-0.3, -0.25) is 4.68 Å². The van der Waals surface area contributed by atoms with Crippen LogP contribution < -0.4 is 10.2 Å². The molecule has 2 fully saturated rings. The Labute approximate surface area is 190 Å². The summed E-state index contributed by atoms with van der Waals surface area (Å²) in [6.45, 7) is 1.75. The average Bonchev–Trinajstić information content (AvgIpc) is 3.45. The van der Waals surface area contributed by atoms with E-state index in [0.717, 1.165) is 53.1 Å². The molecule has 0 aromatic carbocycles. The van der Waals surface area contributed by atoms with Crippen LogP contribution in [-0.4, -0.2) is 49.9 Å². The van der Waals surface area contributed by atoms with E-state index in [2.05, 4.69) is 37.4 Å². The van der Waals surface area contributed by atoms with Gasteiger partial charge in [0.25, 0.3) is 0 Å². The van der Waals surface area contributed by atoms with E-state index in [1.165, 1.54) is 0 Å². The van der Waals surface area contributed by atoms with Crippen LogP contribution in [0.5, 0.6) is 0 Å². The molecule has 6 rings (SSSR count). The lowest BCUT2D eigenvalue weighted by Gasteiger charge is -2.53. The predicted octanol–water partition coefficient (Wildman–Crippen LogP) is 2.59. The molecule has 162 valence electrons. The quantitative estimate of drug-likeness (QED) is 0.507. The van der Waals surface area contributed by atoms with Gasteiger partial charge in [-0.2, -0.15) is 15.6 Å². The minimum Gasteiger partial charge on any atom is -0.349 e. The summed E-state index contributed by atoms with van der Waals surface area (Å²) >= 11 is 0. The van der Waals surface area contributed by atoms with Gasteiger partial charge in [0.2, 0.25) is 0 Å². The van der Waals surface area contributed by atoms with Crippen molar-refractivity contribution >= 4 is 16.9 Å². The van der Waals surface area contributed by atoms with Crippen LogP contribution in [0.3, 0.4) is 0 Å². The summed E-state index contributed by atoms with van der Waals surface area (Å²) in [7, 11) is 1.87. The molecule has 33 heavy (non-hydrogen) atoms. The second-order valence-corrected chi connectivity index (χ2v) is 8.64. The summed E-state index contributed by atoms with van der Waals surface area (Å²) in [5, 5.41) is 27.9. The van der Waals surface area contributed by atoms with Gasteiger partial charge in [-0.05, 0) is 31.2 Å². The molecule has 6 heterocycles. The van der Waals surface area contributed by atoms with Crippen molar-refractivity contribution in [2.24, 2.45) is 13.0 Å². The molecule has 3 atom stereocenters. The van der Waals surface area contributed by atoms with Crippen molar-refractivity contribution in [3.05, 3.63) is 48.5 Å². The largest absolute Gasteiger partial charge is 0.349 e. The lowest BCUT2D eigenvalue weighted by atomic mass is 9.80. The van der Waals surface area contributed by atoms with Gasteiger partial charge in [0.15, 0.2) is 0 Å². The van der Waals surface area contributed by atoms with Gasteiger partial charge in [-0.15, -0.1) is 0 Å². The van der Waals surface area contributed by atoms with Gasteiger partial charge < -0.3 is 15.2 Å². The number of piperidine rings is 1. The lowest BCUT2D eigenvalue weighted by Crippen LogP contribution is -2.71. The van der Waals surface area contributed by atoms with Crippen LogP contribution in [-0.2, 0) is 7.05 Å². The number of nitrogens with zero attached hydrogens (tertiary/aromatic N) is 7. The molecule has 0 radical (unpaired) electrons. The maximum atomic E-state index is 9.76. The van der Waals surface area contributed by atoms with Crippen LogP contribution in [0.25, 0.3) is 33.4 Å². The summed E-state index contributed by atoms with van der Waals surface area (Å²) in [5.41, 5.74) is 4.72. The van der Waals surface area contributed by atoms with E-state index in [9.17, 15) is 10.5 Å². The number of H-pyrrole nitrogens is 1. The van der Waals surface area contributed by atoms with Crippen LogP contribution in [0.1, 0.15) is 12.0 Å². The number of fused-ring (bicyclic) bond motifs is 2. The number of nitrogens with one attached hydrogen (secondary N) is 2. The summed E-state index contributed by atoms with van der Waals surface area (Å²) in [4.78, 5) is 14.7. The maximum Gasteiger partial charge on any atom is 0.138 e. The third kappa shape index (κ3) is 3.05. The Morgan fingerprint density at radius 1 is 1.12 bits per heavy atom. The number of aromatic nitrogens is 5. The molecular weight excluding hydrogens is 414 g/mol. The Bertz CT molecular complexity index is 1430. The Morgan fingerprint density at radius 2 is 2.03 bits per heavy atom. The molecule has 0 unspecified atom stereocenters. The van der Waals surface area contributed by atoms with E-state index in [4.69, 9.17) is 4.98 Å². The summed E-state index contributed by atoms with van der Waals surface area (Å²) < 4.78 is 1.75. The van der Waals surface area contributed by atoms with Gasteiger partial charge in [-0.1, -0.05) is 0 Å². The zero-order chi connectivity index (χ0) is 22.5. The molecule has 0 bridgehead atoms. The third-order valence-corrected chi connectivity index (χ3v) is 6.73. The molecule has 9 nitrogen and oxygen atoms in total. The highest BCUT2D eigenvalue weighted by molar-refractivity contribution is 5.98. The zero-order valence-corrected chi connectivity index (χ0v) is 18.0. The first kappa shape index (κ1) is 19.5. The summed E-state index contributed by atoms with van der Waals surface area (Å²) in [6.07, 6.45) is 7.99. The molecule has 0 spiro atoms. The Morgan fingerprint density at radius 3 is 2.76 bits per heavy atom. The van der Waals surface area contributed by atoms with Crippen molar-refractivity contribution in [1.29, 1.82) is 10.5 Å². The van der Waals surface area contributed by atoms with Gasteiger partial charge in [0.05, 0.1) is 35.5 Å². The second-order valence-electron chi connectivity index (χ2n) is 8.64. The minimum absolute atomic E-state index is 0.0160. The van der Waals surface area contributed by atoms with E-state index in [1.54, 1.807) is 17.1 Å². The third-order valence-electron chi connectivity index (χ3n) is 6.73. The number of rotatable bonds is 3. The molecule has 2 saturated heterocycles. The second kappa shape index (κ2) is 7.44. The molecule has 9 heteroatoms. The van der Waals surface area contributed by atoms with Crippen LogP contribution >= 0.6 is 0 Å². The first-order valence-corrected chi connectivity index (χ1v) is 10.9. The van der Waals surface area contributed by atoms with E-state index < -0.39 is 0 Å². The maximum absolute atomic E-state index is 9.76. The molecule has 4 aromatic rings. The fourth-order valence-corrected chi connectivity index (χ4v) is 5.08. The van der Waals surface area contributed by atoms with Crippen molar-refractivity contribution in [1.82, 2.24) is 30.0 Å². The molecule has 4 aromatic heterocycles. The van der Waals surface area contributed by atoms with Crippen molar-refractivity contribution in [2.75, 3.05) is 18.0 Å². The van der Waals surface area contributed by atoms with Gasteiger partial charge in [0, 0.05) is 60.3 Å². The van der Waals surface area contributed by atoms with E-state index in [0.29, 0.717) is 17.3 Å². The highest BCUT2D eigenvalue weighted by Crippen LogP contribution is 2.37. The number of anilines is 1. The topological polar surface area (TPSA) is 122 Å². The number of nitriles is 2. The molecule has 0 saturated carbocycles. The van der Waals surface area contributed by atoms with E-state index in [-0.39, 0.29) is 12.0 Å². The predicted molar refractivity (Wildman–Crippen MR) is 123 cm³/mol. The fourth-order valence-electron chi connectivity index (χ4n) is 5.08. The standard InChI is InChI=1S/C24H21N9/c1-32-12-17(11-30-32)19-6-18-22(16(8-26)10-29-24(18)31-19)15-2-3-21(28-9-15)33-13-20-23(33)14(7-25)4-5-27-20/h2-3,6,9-12,14,20,23,27H,4-5,13H2,1H3,(H,29,31)/t14-,20+,23+/m1/s1. The molecule has 0 aliphatic carbocycles. The lowest BCUT2D eigenvalue weighted by molar-refractivity contribution is 0.215. The van der Waals surface area contributed by atoms with E-state index >= 15 is 0 Å². The summed E-state index contributed by atoms with van der Waals surface area (Å²) in [6, 6.07) is 11.2. The Kier molecular flexibility index (Phi) is 4.39. The zero-order valence-electron chi connectivity index (χ0n) is 18.0. The van der Waals surface area contributed by atoms with Gasteiger partial charge >= 0.3 is 0 Å². The monoisotopic (exact) mass is 435 g/mol. The minimum atomic E-state index is 0.0160. The molecule has 2 N–H and O–H groups in total. The van der Waals surface area contributed by atoms with Crippen molar-refractivity contribution < 1.29 is 0 Å². The molecule has 2 aliphatic rings. The highest BCUT2D eigenvalue weighted by Gasteiger charge is 2.46. The molecule has 2 aliphatic heterocycles.